The van der Waals surface area contributed by atoms with Gasteiger partial charge < -0.3 is 4.42 Å². The first-order chi connectivity index (χ1) is 14.8. The number of pyridine rings is 1. The van der Waals surface area contributed by atoms with Crippen molar-refractivity contribution in [2.75, 3.05) is 0 Å². The molecule has 8 nitrogen and oxygen atoms in total. The van der Waals surface area contributed by atoms with Crippen molar-refractivity contribution in [3.05, 3.63) is 61.8 Å². The van der Waals surface area contributed by atoms with E-state index in [1.807, 2.05) is 24.3 Å². The van der Waals surface area contributed by atoms with Crippen molar-refractivity contribution in [2.24, 2.45) is 0 Å². The fourth-order valence-corrected chi connectivity index (χ4v) is 4.66. The van der Waals surface area contributed by atoms with Crippen molar-refractivity contribution in [3.63, 3.8) is 0 Å². The summed E-state index contributed by atoms with van der Waals surface area (Å²) in [4.78, 5) is 16.8. The molecular weight excluding hydrogens is 466 g/mol. The van der Waals surface area contributed by atoms with E-state index in [1.165, 1.54) is 16.0 Å². The van der Waals surface area contributed by atoms with Crippen molar-refractivity contribution >= 4 is 50.3 Å². The van der Waals surface area contributed by atoms with Crippen LogP contribution in [0.4, 0.5) is 4.39 Å². The lowest BCUT2D eigenvalue weighted by Gasteiger charge is -2.12. The molecule has 0 saturated heterocycles. The fourth-order valence-electron chi connectivity index (χ4n) is 3.32. The highest BCUT2D eigenvalue weighted by atomic mass is 35.5. The molecule has 0 amide bonds. The third-order valence-electron chi connectivity index (χ3n) is 4.67. The molecule has 5 rings (SSSR count). The third kappa shape index (κ3) is 3.40. The molecule has 0 aromatic carbocycles. The summed E-state index contributed by atoms with van der Waals surface area (Å²) in [6.07, 6.45) is 0.991. The number of hydrogen-bond donors (Lipinski definition) is 0. The van der Waals surface area contributed by atoms with Crippen molar-refractivity contribution in [1.82, 2.24) is 29.4 Å². The highest BCUT2D eigenvalue weighted by Crippen LogP contribution is 2.33. The monoisotopic (exact) mass is 478 g/mol. The van der Waals surface area contributed by atoms with Gasteiger partial charge in [-0.1, -0.05) is 37.0 Å². The minimum atomic E-state index is -0.586. The summed E-state index contributed by atoms with van der Waals surface area (Å²) in [6, 6.07) is 4.78. The summed E-state index contributed by atoms with van der Waals surface area (Å²) >= 11 is 13.5. The Hall–Kier alpha value is -2.82. The Bertz CT molecular complexity index is 1520. The number of fused-ring (bicyclic) bond motifs is 3. The molecular formula is C19H13Cl2FN6O2S. The molecule has 0 unspecified atom stereocenters. The lowest BCUT2D eigenvalue weighted by molar-refractivity contribution is 0.457. The zero-order valence-corrected chi connectivity index (χ0v) is 18.5. The first-order valence-corrected chi connectivity index (χ1v) is 10.7. The Morgan fingerprint density at radius 3 is 2.77 bits per heavy atom. The van der Waals surface area contributed by atoms with Crippen molar-refractivity contribution in [3.8, 4) is 11.5 Å². The second-order valence-electron chi connectivity index (χ2n) is 7.13. The highest BCUT2D eigenvalue weighted by molar-refractivity contribution is 7.22. The van der Waals surface area contributed by atoms with E-state index in [0.29, 0.717) is 15.7 Å². The number of hydrogen-bond acceptors (Lipinski definition) is 7. The summed E-state index contributed by atoms with van der Waals surface area (Å²) in [5, 5.41) is 12.4. The number of rotatable bonds is 4. The zero-order chi connectivity index (χ0) is 21.9. The molecule has 5 heterocycles. The number of aromatic nitrogens is 6. The van der Waals surface area contributed by atoms with Gasteiger partial charge in [-0.05, 0) is 18.2 Å². The molecule has 0 saturated carbocycles. The molecule has 0 fully saturated rings. The van der Waals surface area contributed by atoms with E-state index in [2.05, 4.69) is 20.3 Å². The van der Waals surface area contributed by atoms with Crippen LogP contribution in [0.25, 0.3) is 27.2 Å². The Morgan fingerprint density at radius 2 is 2.00 bits per heavy atom. The Balaban J connectivity index is 1.60. The van der Waals surface area contributed by atoms with Gasteiger partial charge in [-0.15, -0.1) is 21.5 Å². The van der Waals surface area contributed by atoms with Gasteiger partial charge in [-0.25, -0.2) is 14.1 Å². The lowest BCUT2D eigenvalue weighted by atomic mass is 10.2. The normalized spacial score (nSPS) is 11.9. The number of halogens is 3. The molecule has 5 aromatic rings. The van der Waals surface area contributed by atoms with Crippen LogP contribution < -0.4 is 5.56 Å². The second kappa shape index (κ2) is 7.40. The van der Waals surface area contributed by atoms with Crippen LogP contribution in [0.5, 0.6) is 0 Å². The van der Waals surface area contributed by atoms with Gasteiger partial charge in [0.2, 0.25) is 5.89 Å². The van der Waals surface area contributed by atoms with Gasteiger partial charge in [0.15, 0.2) is 0 Å². The van der Waals surface area contributed by atoms with Gasteiger partial charge in [0, 0.05) is 5.92 Å². The first kappa shape index (κ1) is 20.1. The summed E-state index contributed by atoms with van der Waals surface area (Å²) in [5.74, 6) is 0.260. The van der Waals surface area contributed by atoms with Crippen molar-refractivity contribution < 1.29 is 8.81 Å². The molecule has 5 aromatic heterocycles. The zero-order valence-electron chi connectivity index (χ0n) is 16.1. The molecule has 0 aliphatic heterocycles. The van der Waals surface area contributed by atoms with Gasteiger partial charge in [-0.3, -0.25) is 9.20 Å². The molecule has 0 atom stereocenters. The van der Waals surface area contributed by atoms with Gasteiger partial charge in [-0.2, -0.15) is 5.10 Å². The van der Waals surface area contributed by atoms with Crippen LogP contribution in [0.2, 0.25) is 9.49 Å². The van der Waals surface area contributed by atoms with Gasteiger partial charge in [0.1, 0.15) is 28.9 Å². The molecule has 31 heavy (non-hydrogen) atoms. The van der Waals surface area contributed by atoms with Crippen LogP contribution in [0.3, 0.4) is 0 Å². The average molecular weight is 479 g/mol. The Kier molecular flexibility index (Phi) is 4.80. The predicted octanol–water partition coefficient (Wildman–Crippen LogP) is 4.77. The number of thiophene rings is 1. The van der Waals surface area contributed by atoms with Gasteiger partial charge in [0.25, 0.3) is 11.4 Å². The first-order valence-electron chi connectivity index (χ1n) is 9.17. The maximum atomic E-state index is 13.5. The maximum Gasteiger partial charge on any atom is 0.291 e. The van der Waals surface area contributed by atoms with E-state index in [0.717, 1.165) is 22.5 Å². The molecule has 12 heteroatoms. The molecule has 0 aliphatic carbocycles. The van der Waals surface area contributed by atoms with E-state index in [-0.39, 0.29) is 40.5 Å². The lowest BCUT2D eigenvalue weighted by Crippen LogP contribution is -2.28. The summed E-state index contributed by atoms with van der Waals surface area (Å²) in [6.45, 7) is 3.92. The topological polar surface area (TPSA) is 91.1 Å². The van der Waals surface area contributed by atoms with E-state index in [4.69, 9.17) is 27.6 Å². The molecule has 0 N–H and O–H groups in total. The predicted molar refractivity (Wildman–Crippen MR) is 116 cm³/mol. The van der Waals surface area contributed by atoms with Crippen molar-refractivity contribution in [2.45, 2.75) is 26.3 Å². The van der Waals surface area contributed by atoms with Gasteiger partial charge >= 0.3 is 0 Å². The standard InChI is InChI=1S/C19H13Cl2FN6O2S/c1-8(2)17-26-27(19(29)12-4-13-11(28(12)17)5-14(20)31-13)7-15-24-25-18(30-15)10-3-9(22)6-23-16(10)21/h3-6,8H,7H2,1-2H3. The highest BCUT2D eigenvalue weighted by Gasteiger charge is 2.20. The summed E-state index contributed by atoms with van der Waals surface area (Å²) in [7, 11) is 0. The van der Waals surface area contributed by atoms with Crippen LogP contribution in [-0.4, -0.2) is 29.4 Å². The minimum absolute atomic E-state index is 0.00283. The SMILES string of the molecule is CC(C)c1nn(Cc2nnc(-c3cc(F)cnc3Cl)o2)c(=O)c2cc3sc(Cl)cc3n12. The molecule has 158 valence electrons. The van der Waals surface area contributed by atoms with E-state index >= 15 is 0 Å². The van der Waals surface area contributed by atoms with Crippen LogP contribution in [0.15, 0.2) is 33.6 Å². The smallest absolute Gasteiger partial charge is 0.291 e. The number of nitrogens with zero attached hydrogens (tertiary/aromatic N) is 6. The van der Waals surface area contributed by atoms with E-state index in [9.17, 15) is 9.18 Å². The second-order valence-corrected chi connectivity index (χ2v) is 9.21. The summed E-state index contributed by atoms with van der Waals surface area (Å²) < 4.78 is 23.8. The molecule has 0 spiro atoms. The quantitative estimate of drug-likeness (QED) is 0.345. The van der Waals surface area contributed by atoms with Crippen LogP contribution in [0, 0.1) is 5.82 Å². The van der Waals surface area contributed by atoms with Crippen LogP contribution in [0.1, 0.15) is 31.5 Å². The van der Waals surface area contributed by atoms with Crippen molar-refractivity contribution in [1.29, 1.82) is 0 Å². The molecule has 0 aliphatic rings. The average Bonchev–Trinajstić information content (AvgIpc) is 3.40. The van der Waals surface area contributed by atoms with E-state index < -0.39 is 5.82 Å². The third-order valence-corrected chi connectivity index (χ3v) is 6.17. The fraction of sp³-hybridized carbons (Fsp3) is 0.211. The van der Waals surface area contributed by atoms with Crippen LogP contribution in [-0.2, 0) is 6.54 Å². The Labute approximate surface area is 187 Å². The van der Waals surface area contributed by atoms with Gasteiger partial charge in [0.05, 0.1) is 26.3 Å². The maximum absolute atomic E-state index is 13.5. The minimum Gasteiger partial charge on any atom is -0.419 e. The Morgan fingerprint density at radius 1 is 1.19 bits per heavy atom. The summed E-state index contributed by atoms with van der Waals surface area (Å²) in [5.41, 5.74) is 1.18. The van der Waals surface area contributed by atoms with Crippen LogP contribution >= 0.6 is 34.5 Å². The molecule has 0 bridgehead atoms. The molecule has 0 radical (unpaired) electrons. The van der Waals surface area contributed by atoms with E-state index in [1.54, 1.807) is 6.07 Å². The largest absolute Gasteiger partial charge is 0.419 e.